The van der Waals surface area contributed by atoms with Gasteiger partial charge in [0, 0.05) is 18.5 Å². The molecule has 1 saturated carbocycles. The van der Waals surface area contributed by atoms with Crippen molar-refractivity contribution in [3.63, 3.8) is 0 Å². The number of benzene rings is 1. The van der Waals surface area contributed by atoms with Crippen LogP contribution in [0.1, 0.15) is 24.8 Å². The van der Waals surface area contributed by atoms with Crippen molar-refractivity contribution in [2.24, 2.45) is 0 Å². The first-order chi connectivity index (χ1) is 7.28. The summed E-state index contributed by atoms with van der Waals surface area (Å²) in [6, 6.07) is 7.57. The maximum atomic E-state index is 8.90. The molecular formula is C12H14N2O. The molecule has 2 N–H and O–H groups in total. The maximum Gasteiger partial charge on any atom is 0.305 e. The van der Waals surface area contributed by atoms with Crippen LogP contribution in [0.3, 0.4) is 0 Å². The molecule has 1 aromatic rings. The van der Waals surface area contributed by atoms with Gasteiger partial charge in [-0.2, -0.15) is 0 Å². The van der Waals surface area contributed by atoms with Crippen molar-refractivity contribution in [3.8, 4) is 0 Å². The Hall–Kier alpha value is -1.53. The molecule has 0 aromatic heterocycles. The normalized spacial score (nSPS) is 17.6. The third-order valence-electron chi connectivity index (χ3n) is 2.91. The number of hydrogen-bond acceptors (Lipinski definition) is 2. The summed E-state index contributed by atoms with van der Waals surface area (Å²) in [6.45, 7) is 7.22. The van der Waals surface area contributed by atoms with Crippen molar-refractivity contribution in [1.82, 2.24) is 0 Å². The van der Waals surface area contributed by atoms with Crippen LogP contribution in [-0.4, -0.2) is 10.8 Å². The number of nitrogens with one attached hydrogen (secondary N) is 1. The van der Waals surface area contributed by atoms with E-state index < -0.39 is 0 Å². The van der Waals surface area contributed by atoms with Gasteiger partial charge >= 0.3 is 5.66 Å². The fraction of sp³-hybridized carbons (Fsp3) is 0.417. The van der Waals surface area contributed by atoms with Crippen LogP contribution in [0.5, 0.6) is 0 Å². The van der Waals surface area contributed by atoms with E-state index in [1.165, 1.54) is 0 Å². The number of hydrogen-bond donors (Lipinski definition) is 2. The van der Waals surface area contributed by atoms with Crippen molar-refractivity contribution in [2.45, 2.75) is 31.5 Å². The highest BCUT2D eigenvalue weighted by Gasteiger charge is 2.43. The third-order valence-corrected chi connectivity index (χ3v) is 2.91. The number of anilines is 1. The molecule has 2 rings (SSSR count). The molecule has 0 heterocycles. The Kier molecular flexibility index (Phi) is 2.61. The number of nitrogens with zero attached hydrogens (tertiary/aromatic N) is 1. The third kappa shape index (κ3) is 1.95. The summed E-state index contributed by atoms with van der Waals surface area (Å²) in [5.41, 5.74) is 1.50. The van der Waals surface area contributed by atoms with E-state index in [2.05, 4.69) is 10.2 Å². The van der Waals surface area contributed by atoms with Gasteiger partial charge in [-0.15, -0.1) is 0 Å². The van der Waals surface area contributed by atoms with Crippen molar-refractivity contribution in [2.75, 3.05) is 5.32 Å². The molecule has 3 heteroatoms. The number of aliphatic hydroxyl groups is 1. The zero-order valence-corrected chi connectivity index (χ0v) is 8.53. The molecule has 1 aliphatic rings. The Morgan fingerprint density at radius 1 is 1.33 bits per heavy atom. The molecular weight excluding hydrogens is 188 g/mol. The average Bonchev–Trinajstić information content (AvgIpc) is 2.24. The van der Waals surface area contributed by atoms with Gasteiger partial charge in [-0.1, -0.05) is 12.1 Å². The molecule has 1 aromatic carbocycles. The van der Waals surface area contributed by atoms with Gasteiger partial charge < -0.3 is 10.4 Å². The van der Waals surface area contributed by atoms with E-state index >= 15 is 0 Å². The monoisotopic (exact) mass is 202 g/mol. The van der Waals surface area contributed by atoms with Crippen molar-refractivity contribution < 1.29 is 5.11 Å². The van der Waals surface area contributed by atoms with E-state index in [0.717, 1.165) is 30.5 Å². The second-order valence-corrected chi connectivity index (χ2v) is 3.98. The summed E-state index contributed by atoms with van der Waals surface area (Å²) in [6.07, 6.45) is 2.99. The molecule has 0 spiro atoms. The predicted octanol–water partition coefficient (Wildman–Crippen LogP) is 2.39. The lowest BCUT2D eigenvalue weighted by Gasteiger charge is -2.31. The van der Waals surface area contributed by atoms with Gasteiger partial charge in [0.05, 0.1) is 6.61 Å². The fourth-order valence-electron chi connectivity index (χ4n) is 1.74. The van der Waals surface area contributed by atoms with Crippen LogP contribution in [-0.2, 0) is 6.61 Å². The number of aliphatic hydroxyl groups excluding tert-OH is 1. The minimum Gasteiger partial charge on any atom is -0.392 e. The molecule has 3 nitrogen and oxygen atoms in total. The van der Waals surface area contributed by atoms with Crippen LogP contribution in [0.25, 0.3) is 4.85 Å². The lowest BCUT2D eigenvalue weighted by Crippen LogP contribution is -2.41. The van der Waals surface area contributed by atoms with Crippen molar-refractivity contribution >= 4 is 5.69 Å². The van der Waals surface area contributed by atoms with E-state index in [1.54, 1.807) is 0 Å². The lowest BCUT2D eigenvalue weighted by atomic mass is 9.85. The van der Waals surface area contributed by atoms with Crippen LogP contribution < -0.4 is 5.32 Å². The predicted molar refractivity (Wildman–Crippen MR) is 59.2 cm³/mol. The van der Waals surface area contributed by atoms with Gasteiger partial charge in [-0.3, -0.25) is 4.85 Å². The van der Waals surface area contributed by atoms with Crippen LogP contribution >= 0.6 is 0 Å². The van der Waals surface area contributed by atoms with E-state index in [0.29, 0.717) is 0 Å². The van der Waals surface area contributed by atoms with Gasteiger partial charge in [-0.05, 0) is 24.1 Å². The van der Waals surface area contributed by atoms with Crippen LogP contribution in [0.15, 0.2) is 24.3 Å². The highest BCUT2D eigenvalue weighted by molar-refractivity contribution is 5.48. The smallest absolute Gasteiger partial charge is 0.305 e. The first kappa shape index (κ1) is 10.0. The van der Waals surface area contributed by atoms with Gasteiger partial charge in [0.2, 0.25) is 0 Å². The zero-order chi connectivity index (χ0) is 10.7. The summed E-state index contributed by atoms with van der Waals surface area (Å²) in [4.78, 5) is 3.65. The van der Waals surface area contributed by atoms with Crippen LogP contribution in [0.4, 0.5) is 5.69 Å². The molecule has 78 valence electrons. The average molecular weight is 202 g/mol. The lowest BCUT2D eigenvalue weighted by molar-refractivity contribution is 0.282. The van der Waals surface area contributed by atoms with E-state index in [9.17, 15) is 0 Å². The molecule has 15 heavy (non-hydrogen) atoms. The summed E-state index contributed by atoms with van der Waals surface area (Å²) >= 11 is 0. The standard InChI is InChI=1S/C12H14N2O/c1-13-12(7-2-8-12)14-11-5-3-10(9-15)4-6-11/h3-6,14-15H,2,7-9H2. The Morgan fingerprint density at radius 2 is 2.00 bits per heavy atom. The molecule has 0 radical (unpaired) electrons. The van der Waals surface area contributed by atoms with Crippen LogP contribution in [0, 0.1) is 6.57 Å². The van der Waals surface area contributed by atoms with Gasteiger partial charge in [0.1, 0.15) is 0 Å². The Bertz CT molecular complexity index is 374. The molecule has 1 aliphatic carbocycles. The first-order valence-corrected chi connectivity index (χ1v) is 5.15. The summed E-state index contributed by atoms with van der Waals surface area (Å²) in [7, 11) is 0. The molecule has 0 saturated heterocycles. The molecule has 0 amide bonds. The van der Waals surface area contributed by atoms with Gasteiger partial charge in [0.15, 0.2) is 0 Å². The molecule has 0 aliphatic heterocycles. The summed E-state index contributed by atoms with van der Waals surface area (Å²) < 4.78 is 0. The maximum absolute atomic E-state index is 8.90. The van der Waals surface area contributed by atoms with E-state index in [-0.39, 0.29) is 12.3 Å². The SMILES string of the molecule is [C-]#[N+]C1(Nc2ccc(CO)cc2)CCC1. The second kappa shape index (κ2) is 3.92. The van der Waals surface area contributed by atoms with Crippen molar-refractivity contribution in [3.05, 3.63) is 41.2 Å². The Morgan fingerprint density at radius 3 is 2.40 bits per heavy atom. The highest BCUT2D eigenvalue weighted by atomic mass is 16.3. The molecule has 0 bridgehead atoms. The topological polar surface area (TPSA) is 36.6 Å². The Balaban J connectivity index is 2.08. The van der Waals surface area contributed by atoms with E-state index in [4.69, 9.17) is 11.7 Å². The minimum absolute atomic E-state index is 0.0637. The van der Waals surface area contributed by atoms with E-state index in [1.807, 2.05) is 24.3 Å². The second-order valence-electron chi connectivity index (χ2n) is 3.98. The zero-order valence-electron chi connectivity index (χ0n) is 8.53. The molecule has 0 unspecified atom stereocenters. The Labute approximate surface area is 89.6 Å². The fourth-order valence-corrected chi connectivity index (χ4v) is 1.74. The molecule has 1 fully saturated rings. The largest absolute Gasteiger partial charge is 0.392 e. The number of rotatable bonds is 3. The minimum atomic E-state index is -0.360. The van der Waals surface area contributed by atoms with Gasteiger partial charge in [-0.25, -0.2) is 6.57 Å². The molecule has 0 atom stereocenters. The summed E-state index contributed by atoms with van der Waals surface area (Å²) in [5, 5.41) is 12.2. The quantitative estimate of drug-likeness (QED) is 0.738. The van der Waals surface area contributed by atoms with Gasteiger partial charge in [0.25, 0.3) is 0 Å². The summed E-state index contributed by atoms with van der Waals surface area (Å²) in [5.74, 6) is 0. The first-order valence-electron chi connectivity index (χ1n) is 5.15. The van der Waals surface area contributed by atoms with Crippen LogP contribution in [0.2, 0.25) is 0 Å². The highest BCUT2D eigenvalue weighted by Crippen LogP contribution is 2.36. The van der Waals surface area contributed by atoms with Crippen molar-refractivity contribution in [1.29, 1.82) is 0 Å².